The topological polar surface area (TPSA) is 48.5 Å². The Bertz CT molecular complexity index is 447. The number of nitrogens with zero attached hydrogens (tertiary/aromatic N) is 2. The van der Waals surface area contributed by atoms with Crippen molar-refractivity contribution in [3.63, 3.8) is 0 Å². The van der Waals surface area contributed by atoms with Gasteiger partial charge in [0.15, 0.2) is 5.82 Å². The minimum Gasteiger partial charge on any atom is -0.363 e. The van der Waals surface area contributed by atoms with Crippen LogP contribution in [0.1, 0.15) is 6.42 Å². The molecule has 2 rings (SSSR count). The lowest BCUT2D eigenvalue weighted by molar-refractivity contribution is 0.859. The van der Waals surface area contributed by atoms with Gasteiger partial charge in [-0.15, -0.1) is 6.58 Å². The summed E-state index contributed by atoms with van der Waals surface area (Å²) in [5.74, 6) is 0.651. The first-order valence-electron chi connectivity index (χ1n) is 4.93. The highest BCUT2D eigenvalue weighted by Gasteiger charge is 2.13. The molecule has 0 atom stereocenters. The Hall–Kier alpha value is -1.84. The van der Waals surface area contributed by atoms with Crippen molar-refractivity contribution in [3.8, 4) is 0 Å². The number of H-pyrrole nitrogens is 1. The number of aromatic nitrogens is 1. The SMILES string of the molecule is C=CCCN1CC=Nc2[nH]c(=O)ccc21. The van der Waals surface area contributed by atoms with E-state index < -0.39 is 0 Å². The molecule has 4 heteroatoms. The van der Waals surface area contributed by atoms with Gasteiger partial charge in [0, 0.05) is 18.8 Å². The molecule has 0 amide bonds. The van der Waals surface area contributed by atoms with Gasteiger partial charge in [-0.2, -0.15) is 0 Å². The van der Waals surface area contributed by atoms with Crippen molar-refractivity contribution in [1.29, 1.82) is 0 Å². The lowest BCUT2D eigenvalue weighted by atomic mass is 10.2. The van der Waals surface area contributed by atoms with Crippen LogP contribution in [-0.2, 0) is 0 Å². The zero-order valence-electron chi connectivity index (χ0n) is 8.44. The average molecular weight is 203 g/mol. The van der Waals surface area contributed by atoms with E-state index in [-0.39, 0.29) is 5.56 Å². The summed E-state index contributed by atoms with van der Waals surface area (Å²) < 4.78 is 0. The number of fused-ring (bicyclic) bond motifs is 1. The van der Waals surface area contributed by atoms with Gasteiger partial charge in [-0.1, -0.05) is 6.08 Å². The van der Waals surface area contributed by atoms with Crippen molar-refractivity contribution in [2.45, 2.75) is 6.42 Å². The van der Waals surface area contributed by atoms with E-state index in [4.69, 9.17) is 0 Å². The summed E-state index contributed by atoms with van der Waals surface area (Å²) in [6.07, 6.45) is 4.62. The molecule has 78 valence electrons. The van der Waals surface area contributed by atoms with Crippen LogP contribution in [0.2, 0.25) is 0 Å². The molecule has 1 aromatic heterocycles. The molecule has 1 aliphatic rings. The Kier molecular flexibility index (Phi) is 2.67. The molecular formula is C11H13N3O. The quantitative estimate of drug-likeness (QED) is 0.756. The second-order valence-electron chi connectivity index (χ2n) is 3.39. The predicted molar refractivity (Wildman–Crippen MR) is 62.2 cm³/mol. The number of hydrogen-bond donors (Lipinski definition) is 1. The highest BCUT2D eigenvalue weighted by atomic mass is 16.1. The third kappa shape index (κ3) is 1.98. The van der Waals surface area contributed by atoms with Crippen LogP contribution in [0.4, 0.5) is 11.5 Å². The number of aromatic amines is 1. The first-order chi connectivity index (χ1) is 7.31. The molecule has 0 bridgehead atoms. The van der Waals surface area contributed by atoms with E-state index in [1.165, 1.54) is 6.07 Å². The molecule has 0 aromatic carbocycles. The maximum Gasteiger partial charge on any atom is 0.249 e. The lowest BCUT2D eigenvalue weighted by Gasteiger charge is -2.26. The minimum atomic E-state index is -0.114. The molecule has 0 fully saturated rings. The molecule has 1 N–H and O–H groups in total. The second-order valence-corrected chi connectivity index (χ2v) is 3.39. The summed E-state index contributed by atoms with van der Waals surface area (Å²) in [5.41, 5.74) is 0.871. The van der Waals surface area contributed by atoms with Gasteiger partial charge < -0.3 is 9.88 Å². The van der Waals surface area contributed by atoms with Gasteiger partial charge in [-0.3, -0.25) is 4.79 Å². The van der Waals surface area contributed by atoms with Crippen molar-refractivity contribution in [3.05, 3.63) is 35.1 Å². The second kappa shape index (κ2) is 4.13. The molecule has 2 heterocycles. The van der Waals surface area contributed by atoms with E-state index in [1.54, 1.807) is 6.21 Å². The van der Waals surface area contributed by atoms with Crippen LogP contribution in [-0.4, -0.2) is 24.3 Å². The molecule has 0 saturated carbocycles. The van der Waals surface area contributed by atoms with Gasteiger partial charge in [0.05, 0.1) is 12.2 Å². The molecule has 0 aliphatic carbocycles. The normalized spacial score (nSPS) is 13.7. The van der Waals surface area contributed by atoms with Gasteiger partial charge in [-0.25, -0.2) is 4.99 Å². The Morgan fingerprint density at radius 3 is 3.27 bits per heavy atom. The summed E-state index contributed by atoms with van der Waals surface area (Å²) in [4.78, 5) is 20.1. The van der Waals surface area contributed by atoms with E-state index >= 15 is 0 Å². The molecule has 0 saturated heterocycles. The number of aliphatic imine (C=N–C) groups is 1. The van der Waals surface area contributed by atoms with Gasteiger partial charge in [0.25, 0.3) is 0 Å². The molecule has 1 aliphatic heterocycles. The number of anilines is 1. The number of rotatable bonds is 3. The Balaban J connectivity index is 2.30. The van der Waals surface area contributed by atoms with Crippen LogP contribution in [0.5, 0.6) is 0 Å². The molecule has 15 heavy (non-hydrogen) atoms. The van der Waals surface area contributed by atoms with E-state index in [0.717, 1.165) is 25.2 Å². The number of nitrogens with one attached hydrogen (secondary N) is 1. The fourth-order valence-electron chi connectivity index (χ4n) is 1.60. The van der Waals surface area contributed by atoms with Gasteiger partial charge in [0.2, 0.25) is 5.56 Å². The summed E-state index contributed by atoms with van der Waals surface area (Å²) in [6.45, 7) is 5.38. The molecular weight excluding hydrogens is 190 g/mol. The molecule has 4 nitrogen and oxygen atoms in total. The number of hydrogen-bond acceptors (Lipinski definition) is 3. The maximum atomic E-state index is 11.1. The highest BCUT2D eigenvalue weighted by Crippen LogP contribution is 2.26. The third-order valence-electron chi connectivity index (χ3n) is 2.34. The molecule has 0 radical (unpaired) electrons. The van der Waals surface area contributed by atoms with Crippen LogP contribution in [0.3, 0.4) is 0 Å². The molecule has 0 spiro atoms. The van der Waals surface area contributed by atoms with Gasteiger partial charge in [0.1, 0.15) is 0 Å². The Morgan fingerprint density at radius 1 is 1.60 bits per heavy atom. The van der Waals surface area contributed by atoms with Gasteiger partial charge in [-0.05, 0) is 12.5 Å². The fourth-order valence-corrected chi connectivity index (χ4v) is 1.60. The Labute approximate surface area is 88.0 Å². The zero-order valence-corrected chi connectivity index (χ0v) is 8.44. The van der Waals surface area contributed by atoms with Crippen LogP contribution in [0.15, 0.2) is 34.6 Å². The van der Waals surface area contributed by atoms with E-state index in [1.807, 2.05) is 12.1 Å². The van der Waals surface area contributed by atoms with E-state index in [0.29, 0.717) is 5.82 Å². The van der Waals surface area contributed by atoms with E-state index in [2.05, 4.69) is 21.5 Å². The summed E-state index contributed by atoms with van der Waals surface area (Å²) in [6, 6.07) is 3.34. The third-order valence-corrected chi connectivity index (χ3v) is 2.34. The number of pyridine rings is 1. The Morgan fingerprint density at radius 2 is 2.47 bits per heavy atom. The molecule has 0 unspecified atom stereocenters. The lowest BCUT2D eigenvalue weighted by Crippen LogP contribution is -2.29. The fraction of sp³-hybridized carbons (Fsp3) is 0.273. The monoisotopic (exact) mass is 203 g/mol. The maximum absolute atomic E-state index is 11.1. The predicted octanol–water partition coefficient (Wildman–Crippen LogP) is 1.47. The highest BCUT2D eigenvalue weighted by molar-refractivity contribution is 5.79. The van der Waals surface area contributed by atoms with Crippen LogP contribution >= 0.6 is 0 Å². The summed E-state index contributed by atoms with van der Waals surface area (Å²) in [5, 5.41) is 0. The van der Waals surface area contributed by atoms with E-state index in [9.17, 15) is 4.79 Å². The largest absolute Gasteiger partial charge is 0.363 e. The summed E-state index contributed by atoms with van der Waals surface area (Å²) in [7, 11) is 0. The van der Waals surface area contributed by atoms with Crippen molar-refractivity contribution >= 4 is 17.7 Å². The minimum absolute atomic E-state index is 0.114. The first-order valence-corrected chi connectivity index (χ1v) is 4.93. The van der Waals surface area contributed by atoms with Crippen LogP contribution < -0.4 is 10.5 Å². The summed E-state index contributed by atoms with van der Waals surface area (Å²) >= 11 is 0. The van der Waals surface area contributed by atoms with Crippen LogP contribution in [0, 0.1) is 0 Å². The zero-order chi connectivity index (χ0) is 10.7. The van der Waals surface area contributed by atoms with Gasteiger partial charge >= 0.3 is 0 Å². The van der Waals surface area contributed by atoms with Crippen molar-refractivity contribution in [2.75, 3.05) is 18.0 Å². The standard InChI is InChI=1S/C11H13N3O/c1-2-3-7-14-8-6-12-11-9(14)4-5-10(15)13-11/h2,4-6H,1,3,7-8H2,(H,13,15). The average Bonchev–Trinajstić information content (AvgIpc) is 2.25. The smallest absolute Gasteiger partial charge is 0.249 e. The molecule has 1 aromatic rings. The van der Waals surface area contributed by atoms with Crippen molar-refractivity contribution in [1.82, 2.24) is 4.98 Å². The van der Waals surface area contributed by atoms with Crippen molar-refractivity contribution in [2.24, 2.45) is 4.99 Å². The van der Waals surface area contributed by atoms with Crippen molar-refractivity contribution < 1.29 is 0 Å². The van der Waals surface area contributed by atoms with Crippen LogP contribution in [0.25, 0.3) is 0 Å². The first kappa shape index (κ1) is 9.71.